The van der Waals surface area contributed by atoms with E-state index in [9.17, 15) is 4.39 Å². The lowest BCUT2D eigenvalue weighted by Crippen LogP contribution is -2.05. The van der Waals surface area contributed by atoms with Gasteiger partial charge < -0.3 is 10.1 Å². The maximum absolute atomic E-state index is 13.1. The molecule has 0 saturated carbocycles. The Labute approximate surface area is 124 Å². The number of nitrogens with zero attached hydrogens (tertiary/aromatic N) is 2. The van der Waals surface area contributed by atoms with Crippen LogP contribution < -0.4 is 10.1 Å². The number of rotatable bonds is 6. The Balaban J connectivity index is 2.25. The first-order valence-corrected chi connectivity index (χ1v) is 7.18. The molecule has 4 nitrogen and oxygen atoms in total. The lowest BCUT2D eigenvalue weighted by molar-refractivity contribution is 0.454. The SMILES string of the molecule is CCCNc1cc(Oc2ccc(F)cc2C)nc(CC)n1. The number of aromatic nitrogens is 2. The molecule has 2 aromatic rings. The molecule has 1 aromatic carbocycles. The van der Waals surface area contributed by atoms with Crippen LogP contribution >= 0.6 is 0 Å². The van der Waals surface area contributed by atoms with Crippen LogP contribution in [0.4, 0.5) is 10.2 Å². The van der Waals surface area contributed by atoms with Crippen molar-refractivity contribution in [2.45, 2.75) is 33.6 Å². The van der Waals surface area contributed by atoms with E-state index in [0.29, 0.717) is 17.5 Å². The second-order valence-electron chi connectivity index (χ2n) is 4.80. The predicted octanol–water partition coefficient (Wildman–Crippen LogP) is 4.10. The molecule has 1 heterocycles. The zero-order chi connectivity index (χ0) is 15.2. The van der Waals surface area contributed by atoms with Gasteiger partial charge in [-0.3, -0.25) is 0 Å². The highest BCUT2D eigenvalue weighted by Crippen LogP contribution is 2.25. The summed E-state index contributed by atoms with van der Waals surface area (Å²) >= 11 is 0. The van der Waals surface area contributed by atoms with Gasteiger partial charge in [0.25, 0.3) is 0 Å². The maximum atomic E-state index is 13.1. The molecular formula is C16H20FN3O. The van der Waals surface area contributed by atoms with Gasteiger partial charge in [0.2, 0.25) is 5.88 Å². The van der Waals surface area contributed by atoms with Crippen molar-refractivity contribution in [1.29, 1.82) is 0 Å². The van der Waals surface area contributed by atoms with E-state index in [-0.39, 0.29) is 5.82 Å². The molecule has 0 radical (unpaired) electrons. The summed E-state index contributed by atoms with van der Waals surface area (Å²) in [5.74, 6) is 2.25. The standard InChI is InChI=1S/C16H20FN3O/c1-4-8-18-15-10-16(20-14(5-2)19-15)21-13-7-6-12(17)9-11(13)3/h6-7,9-10H,4-5,8H2,1-3H3,(H,18,19,20). The zero-order valence-electron chi connectivity index (χ0n) is 12.6. The van der Waals surface area contributed by atoms with Crippen LogP contribution in [0.15, 0.2) is 24.3 Å². The van der Waals surface area contributed by atoms with Gasteiger partial charge in [0, 0.05) is 19.0 Å². The first-order valence-electron chi connectivity index (χ1n) is 7.18. The van der Waals surface area contributed by atoms with Gasteiger partial charge in [0.15, 0.2) is 0 Å². The topological polar surface area (TPSA) is 47.0 Å². The Morgan fingerprint density at radius 3 is 2.67 bits per heavy atom. The summed E-state index contributed by atoms with van der Waals surface area (Å²) in [6.45, 7) is 6.73. The quantitative estimate of drug-likeness (QED) is 0.869. The highest BCUT2D eigenvalue weighted by molar-refractivity contribution is 5.41. The summed E-state index contributed by atoms with van der Waals surface area (Å²) in [6, 6.07) is 6.18. The molecule has 112 valence electrons. The van der Waals surface area contributed by atoms with Crippen molar-refractivity contribution >= 4 is 5.82 Å². The number of ether oxygens (including phenoxy) is 1. The number of anilines is 1. The van der Waals surface area contributed by atoms with Gasteiger partial charge in [0.05, 0.1) is 0 Å². The smallest absolute Gasteiger partial charge is 0.224 e. The van der Waals surface area contributed by atoms with E-state index in [0.717, 1.165) is 30.8 Å². The Bertz CT molecular complexity index is 616. The van der Waals surface area contributed by atoms with E-state index in [2.05, 4.69) is 22.2 Å². The summed E-state index contributed by atoms with van der Waals surface area (Å²) in [5.41, 5.74) is 0.731. The van der Waals surface area contributed by atoms with Crippen molar-refractivity contribution in [3.05, 3.63) is 41.5 Å². The average molecular weight is 289 g/mol. The van der Waals surface area contributed by atoms with Crippen LogP contribution in [0, 0.1) is 12.7 Å². The molecule has 0 bridgehead atoms. The third-order valence-corrected chi connectivity index (χ3v) is 2.97. The second-order valence-corrected chi connectivity index (χ2v) is 4.80. The van der Waals surface area contributed by atoms with Crippen LogP contribution in [0.25, 0.3) is 0 Å². The van der Waals surface area contributed by atoms with Crippen LogP contribution in [0.2, 0.25) is 0 Å². The fourth-order valence-corrected chi connectivity index (χ4v) is 1.87. The van der Waals surface area contributed by atoms with Gasteiger partial charge in [-0.05, 0) is 37.1 Å². The van der Waals surface area contributed by atoms with E-state index >= 15 is 0 Å². The minimum absolute atomic E-state index is 0.276. The predicted molar refractivity (Wildman–Crippen MR) is 81.4 cm³/mol. The van der Waals surface area contributed by atoms with E-state index < -0.39 is 0 Å². The van der Waals surface area contributed by atoms with Crippen molar-refractivity contribution in [2.24, 2.45) is 0 Å². The number of hydrogen-bond acceptors (Lipinski definition) is 4. The number of hydrogen-bond donors (Lipinski definition) is 1. The fourth-order valence-electron chi connectivity index (χ4n) is 1.87. The minimum atomic E-state index is -0.276. The third-order valence-electron chi connectivity index (χ3n) is 2.97. The molecule has 0 amide bonds. The van der Waals surface area contributed by atoms with Crippen molar-refractivity contribution in [2.75, 3.05) is 11.9 Å². The summed E-state index contributed by atoms with van der Waals surface area (Å²) in [7, 11) is 0. The molecule has 0 aliphatic carbocycles. The van der Waals surface area contributed by atoms with Crippen LogP contribution in [-0.2, 0) is 6.42 Å². The highest BCUT2D eigenvalue weighted by Gasteiger charge is 2.08. The Kier molecular flexibility index (Phi) is 5.09. The van der Waals surface area contributed by atoms with Gasteiger partial charge >= 0.3 is 0 Å². The lowest BCUT2D eigenvalue weighted by atomic mass is 10.2. The molecule has 0 unspecified atom stereocenters. The Morgan fingerprint density at radius 2 is 2.00 bits per heavy atom. The second kappa shape index (κ2) is 7.02. The molecule has 5 heteroatoms. The number of nitrogens with one attached hydrogen (secondary N) is 1. The molecule has 0 spiro atoms. The summed E-state index contributed by atoms with van der Waals surface area (Å²) in [5, 5.41) is 3.23. The Morgan fingerprint density at radius 1 is 1.19 bits per heavy atom. The minimum Gasteiger partial charge on any atom is -0.439 e. The van der Waals surface area contributed by atoms with Crippen molar-refractivity contribution in [1.82, 2.24) is 9.97 Å². The lowest BCUT2D eigenvalue weighted by Gasteiger charge is -2.11. The van der Waals surface area contributed by atoms with Crippen molar-refractivity contribution in [3.63, 3.8) is 0 Å². The Hall–Kier alpha value is -2.17. The third kappa shape index (κ3) is 4.15. The highest BCUT2D eigenvalue weighted by atomic mass is 19.1. The molecule has 21 heavy (non-hydrogen) atoms. The van der Waals surface area contributed by atoms with Gasteiger partial charge in [0.1, 0.15) is 23.2 Å². The summed E-state index contributed by atoms with van der Waals surface area (Å²) < 4.78 is 18.9. The monoisotopic (exact) mass is 289 g/mol. The van der Waals surface area contributed by atoms with E-state index in [1.165, 1.54) is 12.1 Å². The first-order chi connectivity index (χ1) is 10.1. The van der Waals surface area contributed by atoms with Crippen LogP contribution in [0.1, 0.15) is 31.7 Å². The van der Waals surface area contributed by atoms with Gasteiger partial charge in [-0.1, -0.05) is 13.8 Å². The maximum Gasteiger partial charge on any atom is 0.224 e. The van der Waals surface area contributed by atoms with E-state index in [4.69, 9.17) is 4.74 Å². The summed E-state index contributed by atoms with van der Waals surface area (Å²) in [6.07, 6.45) is 1.74. The summed E-state index contributed by atoms with van der Waals surface area (Å²) in [4.78, 5) is 8.76. The largest absolute Gasteiger partial charge is 0.439 e. The molecular weight excluding hydrogens is 269 g/mol. The number of aryl methyl sites for hydroxylation is 2. The van der Waals surface area contributed by atoms with Crippen LogP contribution in [-0.4, -0.2) is 16.5 Å². The van der Waals surface area contributed by atoms with E-state index in [1.54, 1.807) is 19.1 Å². The van der Waals surface area contributed by atoms with Crippen LogP contribution in [0.3, 0.4) is 0 Å². The molecule has 0 aliphatic rings. The number of halogens is 1. The van der Waals surface area contributed by atoms with Crippen molar-refractivity contribution in [3.8, 4) is 11.6 Å². The van der Waals surface area contributed by atoms with Gasteiger partial charge in [-0.2, -0.15) is 4.98 Å². The fraction of sp³-hybridized carbons (Fsp3) is 0.375. The average Bonchev–Trinajstić information content (AvgIpc) is 2.48. The molecule has 0 aliphatic heterocycles. The van der Waals surface area contributed by atoms with Crippen molar-refractivity contribution < 1.29 is 9.13 Å². The zero-order valence-corrected chi connectivity index (χ0v) is 12.6. The molecule has 0 atom stereocenters. The molecule has 2 rings (SSSR count). The molecule has 0 saturated heterocycles. The van der Waals surface area contributed by atoms with Gasteiger partial charge in [-0.25, -0.2) is 9.37 Å². The normalized spacial score (nSPS) is 10.5. The van der Waals surface area contributed by atoms with Crippen LogP contribution in [0.5, 0.6) is 11.6 Å². The molecule has 1 N–H and O–H groups in total. The number of benzene rings is 1. The molecule has 1 aromatic heterocycles. The first kappa shape index (κ1) is 15.2. The van der Waals surface area contributed by atoms with E-state index in [1.807, 2.05) is 6.92 Å². The van der Waals surface area contributed by atoms with Gasteiger partial charge in [-0.15, -0.1) is 0 Å². The molecule has 0 fully saturated rings.